The molecule has 0 atom stereocenters. The highest BCUT2D eigenvalue weighted by Gasteiger charge is 2.28. The number of carbonyl (C=O) groups is 4. The number of halogens is 3. The van der Waals surface area contributed by atoms with E-state index in [2.05, 4.69) is 42.2 Å². The van der Waals surface area contributed by atoms with Gasteiger partial charge in [0, 0.05) is 31.7 Å². The molecule has 4 amide bonds. The summed E-state index contributed by atoms with van der Waals surface area (Å²) in [5.74, 6) is 2.32. The van der Waals surface area contributed by atoms with E-state index >= 15 is 0 Å². The lowest BCUT2D eigenvalue weighted by Crippen LogP contribution is -2.19. The second-order valence-corrected chi connectivity index (χ2v) is 28.8. The smallest absolute Gasteiger partial charge is 0.229 e. The number of amides is 4. The van der Waals surface area contributed by atoms with Crippen LogP contribution in [0, 0.1) is 5.82 Å². The summed E-state index contributed by atoms with van der Waals surface area (Å²) in [7, 11) is 0. The highest BCUT2D eigenvalue weighted by atomic mass is 79.9. The van der Waals surface area contributed by atoms with E-state index in [1.54, 1.807) is 97.1 Å². The van der Waals surface area contributed by atoms with Crippen molar-refractivity contribution in [2.24, 2.45) is 0 Å². The van der Waals surface area contributed by atoms with Crippen molar-refractivity contribution in [2.75, 3.05) is 21.3 Å². The molecular weight excluding hydrogens is 1500 g/mol. The number of hydrogen-bond acceptors (Lipinski definition) is 17. The highest BCUT2D eigenvalue weighted by Crippen LogP contribution is 2.40. The number of nitrogens with one attached hydrogen (secondary N) is 4. The van der Waals surface area contributed by atoms with Crippen LogP contribution in [0.1, 0.15) is 118 Å². The van der Waals surface area contributed by atoms with Crippen LogP contribution >= 0.6 is 27.5 Å². The van der Waals surface area contributed by atoms with Gasteiger partial charge in [-0.1, -0.05) is 104 Å². The van der Waals surface area contributed by atoms with Crippen molar-refractivity contribution in [3.63, 3.8) is 0 Å². The number of nitrogens with zero attached hydrogens (tertiary/aromatic N) is 8. The minimum Gasteiger partial charge on any atom is -0.508 e. The van der Waals surface area contributed by atoms with E-state index in [4.69, 9.17) is 46.5 Å². The summed E-state index contributed by atoms with van der Waals surface area (Å²) in [6, 6.07) is 48.7. The lowest BCUT2D eigenvalue weighted by Gasteiger charge is -2.20. The number of fused-ring (bicyclic) bond motifs is 12. The fraction of sp³-hybridized carbons (Fsp3) is 0.227. The van der Waals surface area contributed by atoms with Crippen molar-refractivity contribution < 1.29 is 49.1 Å². The predicted molar refractivity (Wildman–Crippen MR) is 433 cm³/mol. The summed E-state index contributed by atoms with van der Waals surface area (Å²) in [5.41, 5.74) is 21.4. The van der Waals surface area contributed by atoms with E-state index in [-0.39, 0.29) is 83.9 Å². The monoisotopic (exact) mass is 1580 g/mol. The van der Waals surface area contributed by atoms with Crippen LogP contribution in [0.2, 0.25) is 5.02 Å². The Morgan fingerprint density at radius 3 is 0.848 bits per heavy atom. The molecule has 0 fully saturated rings. The average molecular weight is 1590 g/mol. The molecule has 568 valence electrons. The van der Waals surface area contributed by atoms with Crippen LogP contribution in [0.5, 0.6) is 28.7 Å². The minimum absolute atomic E-state index is 0.104. The van der Waals surface area contributed by atoms with Gasteiger partial charge < -0.3 is 46.8 Å². The summed E-state index contributed by atoms with van der Waals surface area (Å²) in [6.07, 6.45) is 9.46. The SMILES string of the molecule is CCc1nc2c(nc1NC(=O)Cc1ccc(Br)cc1)CCc1cc(O)ccc1-2.CCc1nc2c(nc1NC(=O)Cc1ccc(Cl)cc1)CCc1cc(O)ccc1-2.CCc1nc2c(nc1NC(=O)Cc1ccc(F)cc1)CCc1cc(O)ccc1-2.CCc1nc2c(nc1NC(=O)Cc1ccc(O)cc1)CCc1cc(O)ccc1-2. The van der Waals surface area contributed by atoms with Crippen molar-refractivity contribution in [3.8, 4) is 73.8 Å². The topological polar surface area (TPSA) is 321 Å². The maximum absolute atomic E-state index is 13.0. The van der Waals surface area contributed by atoms with Gasteiger partial charge in [0.05, 0.1) is 94.0 Å². The van der Waals surface area contributed by atoms with Crippen LogP contribution in [-0.4, -0.2) is 89.0 Å². The second kappa shape index (κ2) is 35.1. The molecule has 4 heterocycles. The molecule has 21 nitrogen and oxygen atoms in total. The molecule has 0 saturated carbocycles. The van der Waals surface area contributed by atoms with E-state index < -0.39 is 0 Å². The Morgan fingerprint density at radius 2 is 0.580 bits per heavy atom. The molecule has 4 aliphatic carbocycles. The molecule has 16 rings (SSSR count). The zero-order valence-electron chi connectivity index (χ0n) is 62.1. The van der Waals surface area contributed by atoms with Crippen LogP contribution < -0.4 is 21.3 Å². The normalized spacial score (nSPS) is 12.2. The Morgan fingerprint density at radius 1 is 0.339 bits per heavy atom. The van der Waals surface area contributed by atoms with Gasteiger partial charge in [0.25, 0.3) is 0 Å². The van der Waals surface area contributed by atoms with Crippen molar-refractivity contribution in [1.29, 1.82) is 0 Å². The maximum Gasteiger partial charge on any atom is 0.229 e. The number of hydrogen-bond donors (Lipinski definition) is 9. The van der Waals surface area contributed by atoms with Gasteiger partial charge >= 0.3 is 0 Å². The van der Waals surface area contributed by atoms with E-state index in [9.17, 15) is 49.1 Å². The molecule has 0 unspecified atom stereocenters. The van der Waals surface area contributed by atoms with Crippen LogP contribution in [0.4, 0.5) is 27.7 Å². The first-order chi connectivity index (χ1) is 54.1. The fourth-order valence-corrected chi connectivity index (χ4v) is 14.3. The Bertz CT molecular complexity index is 4880. The first-order valence-corrected chi connectivity index (χ1v) is 38.4. The number of aromatic nitrogens is 8. The standard InChI is InChI=1S/C22H20BrN3O2.C22H20ClN3O2.C22H20FN3O2.C22H21N3O3/c3*1-2-18-22(26-20(28)11-13-3-6-15(23)7-4-13)25-19-10-5-14-12-16(27)8-9-17(14)21(19)24-18;1-2-18-22(25-20(28)11-13-3-6-15(26)7-4-13)24-19-10-5-14-12-16(27)8-9-17(14)21(19)23-18/h3*3-4,6-9,12,27H,2,5,10-11H2,1H3,(H,25,26,28);3-4,6-9,12,26-27H,2,5,10-11H2,1H3,(H,24,25,28). The van der Waals surface area contributed by atoms with Gasteiger partial charge in [-0.05, 0) is 243 Å². The second-order valence-electron chi connectivity index (χ2n) is 27.5. The van der Waals surface area contributed by atoms with Crippen LogP contribution in [-0.2, 0) is 122 Å². The van der Waals surface area contributed by atoms with Crippen LogP contribution in [0.15, 0.2) is 174 Å². The molecular formula is C88H81BrClFN12O9. The van der Waals surface area contributed by atoms with Gasteiger partial charge in [-0.25, -0.2) is 44.3 Å². The van der Waals surface area contributed by atoms with E-state index in [0.717, 1.165) is 172 Å². The quantitative estimate of drug-likeness (QED) is 0.0434. The van der Waals surface area contributed by atoms with Crippen molar-refractivity contribution in [2.45, 2.75) is 130 Å². The Hall–Kier alpha value is -12.3. The number of phenolic OH excluding ortho intramolecular Hbond substituents is 5. The molecule has 112 heavy (non-hydrogen) atoms. The van der Waals surface area contributed by atoms with Gasteiger partial charge in [-0.15, -0.1) is 0 Å². The van der Waals surface area contributed by atoms with Gasteiger partial charge in [0.15, 0.2) is 23.3 Å². The first kappa shape index (κ1) is 77.8. The largest absolute Gasteiger partial charge is 0.508 e. The minimum atomic E-state index is -0.327. The van der Waals surface area contributed by atoms with E-state index in [1.807, 2.05) is 88.4 Å². The molecule has 12 aromatic rings. The summed E-state index contributed by atoms with van der Waals surface area (Å²) in [6.45, 7) is 7.94. The van der Waals surface area contributed by atoms with Crippen molar-refractivity contribution in [3.05, 3.63) is 275 Å². The number of rotatable bonds is 16. The Balaban J connectivity index is 0.000000131. The van der Waals surface area contributed by atoms with Gasteiger partial charge in [-0.3, -0.25) is 19.2 Å². The van der Waals surface area contributed by atoms with Gasteiger partial charge in [-0.2, -0.15) is 0 Å². The number of anilines is 4. The van der Waals surface area contributed by atoms with Crippen molar-refractivity contribution in [1.82, 2.24) is 39.9 Å². The van der Waals surface area contributed by atoms with Crippen LogP contribution in [0.25, 0.3) is 45.0 Å². The molecule has 0 aliphatic heterocycles. The molecule has 9 N–H and O–H groups in total. The molecule has 0 radical (unpaired) electrons. The predicted octanol–water partition coefficient (Wildman–Crippen LogP) is 16.0. The summed E-state index contributed by atoms with van der Waals surface area (Å²) in [5, 5.41) is 60.5. The fourth-order valence-electron chi connectivity index (χ4n) is 13.9. The summed E-state index contributed by atoms with van der Waals surface area (Å²) in [4.78, 5) is 87.9. The third-order valence-corrected chi connectivity index (χ3v) is 20.3. The van der Waals surface area contributed by atoms with E-state index in [0.29, 0.717) is 72.5 Å². The molecule has 0 bridgehead atoms. The molecule has 0 saturated heterocycles. The molecule has 4 aromatic heterocycles. The summed E-state index contributed by atoms with van der Waals surface area (Å²) < 4.78 is 14.0. The van der Waals surface area contributed by atoms with Crippen molar-refractivity contribution >= 4 is 74.4 Å². The average Bonchev–Trinajstić information content (AvgIpc) is 0.789. The number of aryl methyl sites for hydroxylation is 12. The number of benzene rings is 8. The Kier molecular flexibility index (Phi) is 24.4. The lowest BCUT2D eigenvalue weighted by molar-refractivity contribution is -0.116. The van der Waals surface area contributed by atoms with E-state index in [1.165, 1.54) is 12.1 Å². The van der Waals surface area contributed by atoms with Gasteiger partial charge in [0.1, 0.15) is 34.6 Å². The zero-order valence-corrected chi connectivity index (χ0v) is 64.4. The summed E-state index contributed by atoms with van der Waals surface area (Å²) >= 11 is 9.30. The number of phenols is 5. The zero-order chi connectivity index (χ0) is 78.7. The highest BCUT2D eigenvalue weighted by molar-refractivity contribution is 9.10. The Labute approximate surface area is 660 Å². The lowest BCUT2D eigenvalue weighted by atomic mass is 9.91. The van der Waals surface area contributed by atoms with Crippen LogP contribution in [0.3, 0.4) is 0 Å². The maximum atomic E-state index is 13.0. The number of carbonyl (C=O) groups excluding carboxylic acids is 4. The molecule has 8 aromatic carbocycles. The first-order valence-electron chi connectivity index (χ1n) is 37.2. The third kappa shape index (κ3) is 18.9. The molecule has 4 aliphatic rings. The van der Waals surface area contributed by atoms with Gasteiger partial charge in [0.2, 0.25) is 23.6 Å². The third-order valence-electron chi connectivity index (χ3n) is 19.6. The number of aromatic hydroxyl groups is 5. The molecule has 24 heteroatoms. The molecule has 0 spiro atoms.